The highest BCUT2D eigenvalue weighted by atomic mass is 79.9. The van der Waals surface area contributed by atoms with Crippen LogP contribution in [0, 0.1) is 13.8 Å². The Kier molecular flexibility index (Phi) is 3.84. The first-order chi connectivity index (χ1) is 8.06. The minimum Gasteiger partial charge on any atom is -0.340 e. The molecule has 0 atom stereocenters. The Morgan fingerprint density at radius 3 is 2.35 bits per heavy atom. The number of pyridine rings is 1. The van der Waals surface area contributed by atoms with Gasteiger partial charge in [0.05, 0.1) is 0 Å². The van der Waals surface area contributed by atoms with E-state index in [0.717, 1.165) is 26.0 Å². The zero-order chi connectivity index (χ0) is 12.4. The summed E-state index contributed by atoms with van der Waals surface area (Å²) >= 11 is 6.93. The highest BCUT2D eigenvalue weighted by Gasteiger charge is 2.01. The van der Waals surface area contributed by atoms with Crippen LogP contribution in [0.3, 0.4) is 0 Å². The number of aromatic nitrogens is 1. The fraction of sp³-hybridized carbons (Fsp3) is 0.154. The molecule has 17 heavy (non-hydrogen) atoms. The molecule has 2 nitrogen and oxygen atoms in total. The lowest BCUT2D eigenvalue weighted by atomic mass is 10.2. The molecule has 0 unspecified atom stereocenters. The Hall–Kier alpha value is -0.870. The maximum absolute atomic E-state index is 4.32. The van der Waals surface area contributed by atoms with Gasteiger partial charge in [-0.15, -0.1) is 0 Å². The lowest BCUT2D eigenvalue weighted by Crippen LogP contribution is -1.94. The van der Waals surface area contributed by atoms with Crippen LogP contribution < -0.4 is 5.32 Å². The molecule has 1 aromatic heterocycles. The van der Waals surface area contributed by atoms with Gasteiger partial charge in [-0.1, -0.05) is 15.9 Å². The standard InChI is InChI=1S/C13H12Br2N2/c1-8-5-10(3-4-11(8)14)17-13-6-9(2)12(15)7-16-13/h3-7H,1-2H3,(H,16,17). The van der Waals surface area contributed by atoms with Crippen LogP contribution in [0.15, 0.2) is 39.4 Å². The van der Waals surface area contributed by atoms with Gasteiger partial charge in [0, 0.05) is 20.8 Å². The maximum atomic E-state index is 4.32. The Labute approximate surface area is 118 Å². The van der Waals surface area contributed by atoms with Crippen molar-refractivity contribution in [3.8, 4) is 0 Å². The Morgan fingerprint density at radius 1 is 1.00 bits per heavy atom. The molecular weight excluding hydrogens is 344 g/mol. The lowest BCUT2D eigenvalue weighted by molar-refractivity contribution is 1.25. The van der Waals surface area contributed by atoms with Crippen LogP contribution in [0.2, 0.25) is 0 Å². The molecule has 0 aliphatic rings. The average Bonchev–Trinajstić information content (AvgIpc) is 2.29. The molecule has 2 rings (SSSR count). The van der Waals surface area contributed by atoms with Crippen molar-refractivity contribution in [2.45, 2.75) is 13.8 Å². The second-order valence-electron chi connectivity index (χ2n) is 3.91. The fourth-order valence-electron chi connectivity index (χ4n) is 1.48. The first-order valence-electron chi connectivity index (χ1n) is 5.21. The van der Waals surface area contributed by atoms with E-state index in [2.05, 4.69) is 55.2 Å². The van der Waals surface area contributed by atoms with Crippen molar-refractivity contribution in [1.29, 1.82) is 0 Å². The molecule has 0 saturated carbocycles. The highest BCUT2D eigenvalue weighted by Crippen LogP contribution is 2.24. The first-order valence-corrected chi connectivity index (χ1v) is 6.80. The number of hydrogen-bond acceptors (Lipinski definition) is 2. The van der Waals surface area contributed by atoms with Gasteiger partial charge in [0.2, 0.25) is 0 Å². The number of rotatable bonds is 2. The number of hydrogen-bond donors (Lipinski definition) is 1. The summed E-state index contributed by atoms with van der Waals surface area (Å²) in [5.41, 5.74) is 3.40. The Bertz CT molecular complexity index is 504. The van der Waals surface area contributed by atoms with Crippen LogP contribution in [-0.4, -0.2) is 4.98 Å². The molecule has 1 N–H and O–H groups in total. The summed E-state index contributed by atoms with van der Waals surface area (Å²) in [5, 5.41) is 3.29. The normalized spacial score (nSPS) is 10.4. The zero-order valence-electron chi connectivity index (χ0n) is 9.59. The van der Waals surface area contributed by atoms with Crippen molar-refractivity contribution in [2.24, 2.45) is 0 Å². The molecule has 0 aliphatic heterocycles. The van der Waals surface area contributed by atoms with Gasteiger partial charge in [0.15, 0.2) is 0 Å². The van der Waals surface area contributed by atoms with Crippen molar-refractivity contribution < 1.29 is 0 Å². The van der Waals surface area contributed by atoms with Gasteiger partial charge in [-0.05, 0) is 65.2 Å². The third-order valence-corrected chi connectivity index (χ3v) is 4.20. The predicted molar refractivity (Wildman–Crippen MR) is 78.8 cm³/mol. The van der Waals surface area contributed by atoms with Crippen molar-refractivity contribution in [3.05, 3.63) is 50.5 Å². The van der Waals surface area contributed by atoms with Crippen molar-refractivity contribution in [2.75, 3.05) is 5.32 Å². The van der Waals surface area contributed by atoms with E-state index in [-0.39, 0.29) is 0 Å². The molecule has 0 fully saturated rings. The van der Waals surface area contributed by atoms with Crippen LogP contribution in [0.25, 0.3) is 0 Å². The topological polar surface area (TPSA) is 24.9 Å². The van der Waals surface area contributed by atoms with E-state index in [1.54, 1.807) is 0 Å². The first kappa shape index (κ1) is 12.6. The summed E-state index contributed by atoms with van der Waals surface area (Å²) in [6.45, 7) is 4.11. The van der Waals surface area contributed by atoms with Crippen molar-refractivity contribution in [1.82, 2.24) is 4.98 Å². The van der Waals surface area contributed by atoms with Crippen LogP contribution in [0.5, 0.6) is 0 Å². The largest absolute Gasteiger partial charge is 0.340 e. The molecule has 1 aromatic carbocycles. The molecule has 0 amide bonds. The van der Waals surface area contributed by atoms with Crippen LogP contribution in [0.1, 0.15) is 11.1 Å². The summed E-state index contributed by atoms with van der Waals surface area (Å²) in [6.07, 6.45) is 1.81. The van der Waals surface area contributed by atoms with Gasteiger partial charge in [-0.25, -0.2) is 4.98 Å². The Morgan fingerprint density at radius 2 is 1.71 bits per heavy atom. The second-order valence-corrected chi connectivity index (χ2v) is 5.62. The van der Waals surface area contributed by atoms with E-state index < -0.39 is 0 Å². The molecule has 0 bridgehead atoms. The van der Waals surface area contributed by atoms with E-state index in [1.807, 2.05) is 31.3 Å². The van der Waals surface area contributed by atoms with Gasteiger partial charge in [-0.2, -0.15) is 0 Å². The number of benzene rings is 1. The average molecular weight is 356 g/mol. The predicted octanol–water partition coefficient (Wildman–Crippen LogP) is 4.97. The quantitative estimate of drug-likeness (QED) is 0.822. The van der Waals surface area contributed by atoms with E-state index in [9.17, 15) is 0 Å². The minimum atomic E-state index is 0.854. The highest BCUT2D eigenvalue weighted by molar-refractivity contribution is 9.10. The molecule has 0 aliphatic carbocycles. The van der Waals surface area contributed by atoms with Gasteiger partial charge >= 0.3 is 0 Å². The lowest BCUT2D eigenvalue weighted by Gasteiger charge is -2.08. The van der Waals surface area contributed by atoms with Gasteiger partial charge in [-0.3, -0.25) is 0 Å². The van der Waals surface area contributed by atoms with Gasteiger partial charge < -0.3 is 5.32 Å². The van der Waals surface area contributed by atoms with E-state index in [0.29, 0.717) is 0 Å². The number of nitrogens with zero attached hydrogens (tertiary/aromatic N) is 1. The van der Waals surface area contributed by atoms with Crippen LogP contribution in [-0.2, 0) is 0 Å². The maximum Gasteiger partial charge on any atom is 0.130 e. The van der Waals surface area contributed by atoms with Gasteiger partial charge in [0.25, 0.3) is 0 Å². The Balaban J connectivity index is 2.25. The van der Waals surface area contributed by atoms with Crippen LogP contribution in [0.4, 0.5) is 11.5 Å². The fourth-order valence-corrected chi connectivity index (χ4v) is 1.94. The summed E-state index contributed by atoms with van der Waals surface area (Å²) in [6, 6.07) is 8.16. The van der Waals surface area contributed by atoms with Crippen molar-refractivity contribution >= 4 is 43.4 Å². The monoisotopic (exact) mass is 354 g/mol. The molecule has 0 saturated heterocycles. The number of anilines is 2. The molecular formula is C13H12Br2N2. The molecule has 2 aromatic rings. The number of halogens is 2. The summed E-state index contributed by atoms with van der Waals surface area (Å²) in [4.78, 5) is 4.32. The molecule has 4 heteroatoms. The molecule has 0 radical (unpaired) electrons. The molecule has 1 heterocycles. The number of nitrogens with one attached hydrogen (secondary N) is 1. The summed E-state index contributed by atoms with van der Waals surface area (Å²) in [5.74, 6) is 0.854. The minimum absolute atomic E-state index is 0.854. The van der Waals surface area contributed by atoms with E-state index >= 15 is 0 Å². The molecule has 88 valence electrons. The van der Waals surface area contributed by atoms with Gasteiger partial charge in [0.1, 0.15) is 5.82 Å². The SMILES string of the molecule is Cc1cc(Nc2cc(C)c(Br)cn2)ccc1Br. The third-order valence-electron chi connectivity index (χ3n) is 2.48. The van der Waals surface area contributed by atoms with Crippen molar-refractivity contribution in [3.63, 3.8) is 0 Å². The number of aryl methyl sites for hydroxylation is 2. The zero-order valence-corrected chi connectivity index (χ0v) is 12.8. The second kappa shape index (κ2) is 5.19. The summed E-state index contributed by atoms with van der Waals surface area (Å²) < 4.78 is 2.14. The van der Waals surface area contributed by atoms with E-state index in [4.69, 9.17) is 0 Å². The molecule has 0 spiro atoms. The third kappa shape index (κ3) is 3.07. The van der Waals surface area contributed by atoms with Crippen LogP contribution >= 0.6 is 31.9 Å². The smallest absolute Gasteiger partial charge is 0.130 e. The van der Waals surface area contributed by atoms with E-state index in [1.165, 1.54) is 5.56 Å². The summed E-state index contributed by atoms with van der Waals surface area (Å²) in [7, 11) is 0.